The Balaban J connectivity index is 1.78. The molecule has 2 rings (SSSR count). The van der Waals surface area contributed by atoms with Crippen LogP contribution in [-0.2, 0) is 20.6 Å². The summed E-state index contributed by atoms with van der Waals surface area (Å²) in [7, 11) is -3.59. The number of sulfonamides is 1. The van der Waals surface area contributed by atoms with Gasteiger partial charge in [-0.1, -0.05) is 29.8 Å². The zero-order chi connectivity index (χ0) is 22.9. The highest BCUT2D eigenvalue weighted by molar-refractivity contribution is 7.98. The van der Waals surface area contributed by atoms with Crippen molar-refractivity contribution in [3.05, 3.63) is 59.7 Å². The molecule has 6 nitrogen and oxygen atoms in total. The van der Waals surface area contributed by atoms with Crippen LogP contribution in [0.3, 0.4) is 0 Å². The number of thioether (sulfide) groups is 1. The molecule has 0 heterocycles. The van der Waals surface area contributed by atoms with Crippen LogP contribution in [0.5, 0.6) is 5.75 Å². The van der Waals surface area contributed by atoms with Gasteiger partial charge >= 0.3 is 0 Å². The number of hydrogen-bond donors (Lipinski definition) is 1. The third-order valence-electron chi connectivity index (χ3n) is 4.36. The molecule has 0 saturated carbocycles. The highest BCUT2D eigenvalue weighted by Gasteiger charge is 2.20. The maximum atomic E-state index is 12.3. The van der Waals surface area contributed by atoms with Crippen LogP contribution in [0.2, 0.25) is 0 Å². The predicted octanol–water partition coefficient (Wildman–Crippen LogP) is 3.99. The number of hydrogen-bond acceptors (Lipinski definition) is 5. The lowest BCUT2D eigenvalue weighted by Gasteiger charge is -2.22. The average Bonchev–Trinajstić information content (AvgIpc) is 2.69. The first-order chi connectivity index (χ1) is 14.6. The topological polar surface area (TPSA) is 75.7 Å². The van der Waals surface area contributed by atoms with Crippen LogP contribution in [0, 0.1) is 6.92 Å². The fourth-order valence-electron chi connectivity index (χ4n) is 2.83. The molecule has 0 spiro atoms. The second-order valence-corrected chi connectivity index (χ2v) is 10.7. The second kappa shape index (κ2) is 12.0. The number of nitrogens with zero attached hydrogens (tertiary/aromatic N) is 1. The van der Waals surface area contributed by atoms with Crippen molar-refractivity contribution in [3.8, 4) is 5.75 Å². The fourth-order valence-corrected chi connectivity index (χ4v) is 4.60. The Labute approximate surface area is 190 Å². The normalized spacial score (nSPS) is 11.4. The third kappa shape index (κ3) is 9.23. The van der Waals surface area contributed by atoms with Crippen LogP contribution in [0.15, 0.2) is 48.5 Å². The summed E-state index contributed by atoms with van der Waals surface area (Å²) < 4.78 is 31.1. The summed E-state index contributed by atoms with van der Waals surface area (Å²) >= 11 is 1.81. The van der Waals surface area contributed by atoms with Crippen molar-refractivity contribution in [3.63, 3.8) is 0 Å². The number of anilines is 1. The highest BCUT2D eigenvalue weighted by Crippen LogP contribution is 2.22. The van der Waals surface area contributed by atoms with Crippen molar-refractivity contribution in [2.75, 3.05) is 29.4 Å². The average molecular weight is 465 g/mol. The van der Waals surface area contributed by atoms with E-state index in [-0.39, 0.29) is 18.6 Å². The van der Waals surface area contributed by atoms with Crippen molar-refractivity contribution in [2.24, 2.45) is 0 Å². The van der Waals surface area contributed by atoms with Crippen molar-refractivity contribution in [1.29, 1.82) is 0 Å². The van der Waals surface area contributed by atoms with E-state index in [1.807, 2.05) is 25.6 Å². The minimum atomic E-state index is -3.59. The van der Waals surface area contributed by atoms with Gasteiger partial charge in [0.25, 0.3) is 0 Å². The SMILES string of the molecule is Cc1ccc(CSCCCNC(=O)CN(c2ccc(OC(C)C)cc2)S(C)(=O)=O)cc1. The number of carbonyl (C=O) groups is 1. The number of amides is 1. The van der Waals surface area contributed by atoms with E-state index in [0.29, 0.717) is 18.0 Å². The van der Waals surface area contributed by atoms with E-state index in [4.69, 9.17) is 4.74 Å². The molecule has 0 unspecified atom stereocenters. The van der Waals surface area contributed by atoms with Gasteiger partial charge in [-0.15, -0.1) is 0 Å². The Kier molecular flexibility index (Phi) is 9.71. The maximum Gasteiger partial charge on any atom is 0.240 e. The third-order valence-corrected chi connectivity index (χ3v) is 6.62. The van der Waals surface area contributed by atoms with E-state index in [1.165, 1.54) is 11.1 Å². The van der Waals surface area contributed by atoms with Gasteiger partial charge in [-0.05, 0) is 62.8 Å². The lowest BCUT2D eigenvalue weighted by molar-refractivity contribution is -0.119. The molecule has 0 atom stereocenters. The van der Waals surface area contributed by atoms with Crippen LogP contribution in [-0.4, -0.2) is 45.5 Å². The summed E-state index contributed by atoms with van der Waals surface area (Å²) in [6.45, 7) is 6.17. The largest absolute Gasteiger partial charge is 0.491 e. The molecule has 2 aromatic rings. The lowest BCUT2D eigenvalue weighted by Crippen LogP contribution is -2.40. The minimum Gasteiger partial charge on any atom is -0.491 e. The molecule has 0 radical (unpaired) electrons. The number of rotatable bonds is 12. The Morgan fingerprint density at radius 1 is 1.10 bits per heavy atom. The maximum absolute atomic E-state index is 12.3. The van der Waals surface area contributed by atoms with Crippen molar-refractivity contribution >= 4 is 33.4 Å². The molecule has 0 aromatic heterocycles. The second-order valence-electron chi connectivity index (χ2n) is 7.67. The van der Waals surface area contributed by atoms with E-state index in [0.717, 1.165) is 28.5 Å². The number of aryl methyl sites for hydroxylation is 1. The number of benzene rings is 2. The Hall–Kier alpha value is -2.19. The Morgan fingerprint density at radius 2 is 1.74 bits per heavy atom. The van der Waals surface area contributed by atoms with Gasteiger partial charge in [0.15, 0.2) is 0 Å². The molecule has 0 bridgehead atoms. The van der Waals surface area contributed by atoms with Gasteiger partial charge in [0.2, 0.25) is 15.9 Å². The molecule has 1 N–H and O–H groups in total. The van der Waals surface area contributed by atoms with Crippen LogP contribution in [0.1, 0.15) is 31.4 Å². The summed E-state index contributed by atoms with van der Waals surface area (Å²) in [6.07, 6.45) is 1.95. The zero-order valence-electron chi connectivity index (χ0n) is 18.6. The molecule has 0 saturated heterocycles. The summed E-state index contributed by atoms with van der Waals surface area (Å²) in [5.41, 5.74) is 2.97. The van der Waals surface area contributed by atoms with Gasteiger partial charge < -0.3 is 10.1 Å². The molecule has 31 heavy (non-hydrogen) atoms. The quantitative estimate of drug-likeness (QED) is 0.481. The van der Waals surface area contributed by atoms with Crippen molar-refractivity contribution in [2.45, 2.75) is 39.0 Å². The highest BCUT2D eigenvalue weighted by atomic mass is 32.2. The Morgan fingerprint density at radius 3 is 2.32 bits per heavy atom. The molecule has 0 aliphatic rings. The van der Waals surface area contributed by atoms with Gasteiger partial charge in [0.05, 0.1) is 18.0 Å². The lowest BCUT2D eigenvalue weighted by atomic mass is 10.2. The van der Waals surface area contributed by atoms with E-state index >= 15 is 0 Å². The Bertz CT molecular complexity index is 927. The molecular formula is C23H32N2O4S2. The number of carbonyl (C=O) groups excluding carboxylic acids is 1. The molecule has 8 heteroatoms. The van der Waals surface area contributed by atoms with Gasteiger partial charge in [-0.3, -0.25) is 9.10 Å². The molecule has 0 aliphatic heterocycles. The zero-order valence-corrected chi connectivity index (χ0v) is 20.3. The van der Waals surface area contributed by atoms with Crippen molar-refractivity contribution < 1.29 is 17.9 Å². The molecule has 1 amide bonds. The summed E-state index contributed by atoms with van der Waals surface area (Å²) in [5, 5.41) is 2.82. The molecule has 0 aliphatic carbocycles. The monoisotopic (exact) mass is 464 g/mol. The van der Waals surface area contributed by atoms with E-state index in [9.17, 15) is 13.2 Å². The van der Waals surface area contributed by atoms with Gasteiger partial charge in [-0.2, -0.15) is 11.8 Å². The first kappa shape index (κ1) is 25.1. The van der Waals surface area contributed by atoms with Gasteiger partial charge in [-0.25, -0.2) is 8.42 Å². The smallest absolute Gasteiger partial charge is 0.240 e. The summed E-state index contributed by atoms with van der Waals surface area (Å²) in [6, 6.07) is 15.2. The van der Waals surface area contributed by atoms with Crippen LogP contribution in [0.25, 0.3) is 0 Å². The van der Waals surface area contributed by atoms with Gasteiger partial charge in [0.1, 0.15) is 12.3 Å². The number of ether oxygens (including phenoxy) is 1. The fraction of sp³-hybridized carbons (Fsp3) is 0.435. The van der Waals surface area contributed by atoms with Gasteiger partial charge in [0, 0.05) is 12.3 Å². The van der Waals surface area contributed by atoms with Crippen molar-refractivity contribution in [1.82, 2.24) is 5.32 Å². The van der Waals surface area contributed by atoms with E-state index in [2.05, 4.69) is 36.5 Å². The van der Waals surface area contributed by atoms with Crippen LogP contribution in [0.4, 0.5) is 5.69 Å². The minimum absolute atomic E-state index is 0.0256. The standard InChI is InChI=1S/C23H32N2O4S2/c1-18(2)29-22-12-10-21(11-13-22)25(31(4,27)28)16-23(26)24-14-5-15-30-17-20-8-6-19(3)7-9-20/h6-13,18H,5,14-17H2,1-4H3,(H,24,26). The first-order valence-corrected chi connectivity index (χ1v) is 13.3. The first-order valence-electron chi connectivity index (χ1n) is 10.3. The molecule has 0 fully saturated rings. The summed E-state index contributed by atoms with van der Waals surface area (Å²) in [4.78, 5) is 12.3. The van der Waals surface area contributed by atoms with E-state index in [1.54, 1.807) is 24.3 Å². The molecule has 170 valence electrons. The molecule has 2 aromatic carbocycles. The predicted molar refractivity (Wildman–Crippen MR) is 129 cm³/mol. The summed E-state index contributed by atoms with van der Waals surface area (Å²) in [5.74, 6) is 2.18. The molecular weight excluding hydrogens is 432 g/mol. The van der Waals surface area contributed by atoms with Crippen LogP contribution >= 0.6 is 11.8 Å². The van der Waals surface area contributed by atoms with E-state index < -0.39 is 10.0 Å². The van der Waals surface area contributed by atoms with Crippen LogP contribution < -0.4 is 14.4 Å². The number of nitrogens with one attached hydrogen (secondary N) is 1.